The van der Waals surface area contributed by atoms with Crippen LogP contribution in [0.4, 0.5) is 11.8 Å². The molecule has 0 unspecified atom stereocenters. The van der Waals surface area contributed by atoms with Crippen molar-refractivity contribution < 1.29 is 9.21 Å². The van der Waals surface area contributed by atoms with Crippen LogP contribution in [0.5, 0.6) is 0 Å². The van der Waals surface area contributed by atoms with Gasteiger partial charge in [-0.3, -0.25) is 14.5 Å². The highest BCUT2D eigenvalue weighted by Crippen LogP contribution is 2.23. The van der Waals surface area contributed by atoms with Gasteiger partial charge in [0.05, 0.1) is 11.9 Å². The summed E-state index contributed by atoms with van der Waals surface area (Å²) < 4.78 is 7.26. The van der Waals surface area contributed by atoms with Crippen LogP contribution in [0.3, 0.4) is 0 Å². The minimum atomic E-state index is -0.363. The molecule has 10 nitrogen and oxygen atoms in total. The van der Waals surface area contributed by atoms with Crippen molar-refractivity contribution in [1.29, 1.82) is 0 Å². The van der Waals surface area contributed by atoms with Gasteiger partial charge in [-0.05, 0) is 24.6 Å². The Kier molecular flexibility index (Phi) is 4.83. The van der Waals surface area contributed by atoms with E-state index >= 15 is 0 Å². The van der Waals surface area contributed by atoms with Crippen LogP contribution in [0.25, 0.3) is 22.0 Å². The topological polar surface area (TPSA) is 105 Å². The molecule has 1 saturated heterocycles. The molecular formula is C21H22N8O2. The molecule has 10 heteroatoms. The van der Waals surface area contributed by atoms with Gasteiger partial charge in [0.1, 0.15) is 12.1 Å². The summed E-state index contributed by atoms with van der Waals surface area (Å²) in [5, 5.41) is 8.78. The van der Waals surface area contributed by atoms with Gasteiger partial charge in [0.25, 0.3) is 11.9 Å². The van der Waals surface area contributed by atoms with Crippen LogP contribution in [0.15, 0.2) is 47.6 Å². The van der Waals surface area contributed by atoms with Gasteiger partial charge < -0.3 is 19.5 Å². The summed E-state index contributed by atoms with van der Waals surface area (Å²) in [7, 11) is 3.94. The Morgan fingerprint density at radius 2 is 1.84 bits per heavy atom. The molecule has 0 radical (unpaired) electrons. The second-order valence-electron chi connectivity index (χ2n) is 7.65. The van der Waals surface area contributed by atoms with Crippen molar-refractivity contribution in [3.8, 4) is 11.3 Å². The van der Waals surface area contributed by atoms with E-state index in [0.717, 1.165) is 48.2 Å². The highest BCUT2D eigenvalue weighted by atomic mass is 16.4. The van der Waals surface area contributed by atoms with E-state index in [2.05, 4.69) is 37.3 Å². The van der Waals surface area contributed by atoms with Crippen molar-refractivity contribution in [2.75, 3.05) is 43.4 Å². The lowest BCUT2D eigenvalue weighted by Gasteiger charge is -2.31. The molecule has 1 aliphatic heterocycles. The molecule has 0 aromatic carbocycles. The molecule has 0 bridgehead atoms. The number of amides is 1. The third-order valence-electron chi connectivity index (χ3n) is 5.34. The van der Waals surface area contributed by atoms with E-state index in [0.29, 0.717) is 11.8 Å². The zero-order valence-electron chi connectivity index (χ0n) is 17.3. The van der Waals surface area contributed by atoms with Crippen LogP contribution >= 0.6 is 0 Å². The molecule has 0 aliphatic carbocycles. The predicted octanol–water partition coefficient (Wildman–Crippen LogP) is 2.02. The average molecular weight is 418 g/mol. The number of piperazine rings is 1. The molecule has 0 spiro atoms. The van der Waals surface area contributed by atoms with Crippen molar-refractivity contribution >= 4 is 28.5 Å². The number of likely N-dealkylation sites (N-methyl/N-ethyl adjacent to an activating group) is 1. The number of carbonyl (C=O) groups is 1. The summed E-state index contributed by atoms with van der Waals surface area (Å²) in [4.78, 5) is 30.1. The number of aromatic nitrogens is 5. The van der Waals surface area contributed by atoms with E-state index in [1.54, 1.807) is 23.3 Å². The lowest BCUT2D eigenvalue weighted by molar-refractivity contribution is 0.102. The van der Waals surface area contributed by atoms with Gasteiger partial charge in [0.15, 0.2) is 5.69 Å². The second-order valence-corrected chi connectivity index (χ2v) is 7.65. The highest BCUT2D eigenvalue weighted by Gasteiger charge is 2.21. The molecule has 1 aliphatic rings. The maximum Gasteiger partial charge on any atom is 0.298 e. The average Bonchev–Trinajstić information content (AvgIpc) is 3.43. The van der Waals surface area contributed by atoms with E-state index < -0.39 is 0 Å². The number of pyridine rings is 2. The van der Waals surface area contributed by atoms with Gasteiger partial charge in [0, 0.05) is 62.8 Å². The minimum Gasteiger partial charge on any atom is -0.431 e. The molecule has 4 aromatic heterocycles. The summed E-state index contributed by atoms with van der Waals surface area (Å²) >= 11 is 0. The summed E-state index contributed by atoms with van der Waals surface area (Å²) in [6.45, 7) is 3.50. The van der Waals surface area contributed by atoms with Crippen LogP contribution in [0.2, 0.25) is 0 Å². The fourth-order valence-electron chi connectivity index (χ4n) is 3.51. The van der Waals surface area contributed by atoms with Gasteiger partial charge in [-0.2, -0.15) is 10.1 Å². The Bertz CT molecular complexity index is 1240. The molecule has 4 aromatic rings. The Morgan fingerprint density at radius 3 is 2.61 bits per heavy atom. The first-order chi connectivity index (χ1) is 15.0. The zero-order chi connectivity index (χ0) is 21.4. The monoisotopic (exact) mass is 418 g/mol. The van der Waals surface area contributed by atoms with Gasteiger partial charge in [-0.25, -0.2) is 4.98 Å². The Hall–Kier alpha value is -3.79. The number of anilines is 2. The number of oxazole rings is 1. The van der Waals surface area contributed by atoms with Crippen molar-refractivity contribution in [1.82, 2.24) is 29.6 Å². The van der Waals surface area contributed by atoms with E-state index in [4.69, 9.17) is 4.42 Å². The zero-order valence-corrected chi connectivity index (χ0v) is 17.3. The SMILES string of the molecule is CN1CCN(c2nc(C(=O)Nc3cc4cc(-c5cnn(C)c5)ncc4cn3)co2)CC1. The van der Waals surface area contributed by atoms with E-state index in [-0.39, 0.29) is 11.6 Å². The largest absolute Gasteiger partial charge is 0.431 e. The van der Waals surface area contributed by atoms with Gasteiger partial charge in [0.2, 0.25) is 0 Å². The van der Waals surface area contributed by atoms with Gasteiger partial charge in [-0.15, -0.1) is 0 Å². The smallest absolute Gasteiger partial charge is 0.298 e. The lowest BCUT2D eigenvalue weighted by atomic mass is 10.1. The van der Waals surface area contributed by atoms with Gasteiger partial charge in [-0.1, -0.05) is 0 Å². The number of hydrogen-bond donors (Lipinski definition) is 1. The normalized spacial score (nSPS) is 14.8. The van der Waals surface area contributed by atoms with Crippen molar-refractivity contribution in [3.05, 3.63) is 48.9 Å². The molecule has 0 atom stereocenters. The van der Waals surface area contributed by atoms with Crippen LogP contribution in [-0.4, -0.2) is 68.8 Å². The Labute approximate surface area is 178 Å². The van der Waals surface area contributed by atoms with Crippen LogP contribution in [0.1, 0.15) is 10.5 Å². The van der Waals surface area contributed by atoms with Gasteiger partial charge >= 0.3 is 0 Å². The number of fused-ring (bicyclic) bond motifs is 1. The van der Waals surface area contributed by atoms with E-state index in [9.17, 15) is 4.79 Å². The molecule has 31 heavy (non-hydrogen) atoms. The number of nitrogens with zero attached hydrogens (tertiary/aromatic N) is 7. The first-order valence-electron chi connectivity index (χ1n) is 10.0. The maximum atomic E-state index is 12.7. The highest BCUT2D eigenvalue weighted by molar-refractivity contribution is 6.03. The number of aryl methyl sites for hydroxylation is 1. The summed E-state index contributed by atoms with van der Waals surface area (Å²) in [5.41, 5.74) is 1.95. The number of nitrogens with one attached hydrogen (secondary N) is 1. The first-order valence-corrected chi connectivity index (χ1v) is 10.0. The third kappa shape index (κ3) is 3.97. The first kappa shape index (κ1) is 19.2. The number of carbonyl (C=O) groups excluding carboxylic acids is 1. The number of hydrogen-bond acceptors (Lipinski definition) is 8. The van der Waals surface area contributed by atoms with E-state index in [1.165, 1.54) is 6.26 Å². The van der Waals surface area contributed by atoms with Crippen molar-refractivity contribution in [2.45, 2.75) is 0 Å². The van der Waals surface area contributed by atoms with Crippen LogP contribution in [-0.2, 0) is 7.05 Å². The summed E-state index contributed by atoms with van der Waals surface area (Å²) in [6.07, 6.45) is 8.50. The maximum absolute atomic E-state index is 12.7. The van der Waals surface area contributed by atoms with Crippen LogP contribution < -0.4 is 10.2 Å². The lowest BCUT2D eigenvalue weighted by Crippen LogP contribution is -2.44. The molecule has 158 valence electrons. The molecule has 1 amide bonds. The Morgan fingerprint density at radius 1 is 1.03 bits per heavy atom. The second kappa shape index (κ2) is 7.80. The van der Waals surface area contributed by atoms with Crippen molar-refractivity contribution in [2.24, 2.45) is 7.05 Å². The number of rotatable bonds is 4. The summed E-state index contributed by atoms with van der Waals surface area (Å²) in [5.74, 6) is 0.0718. The minimum absolute atomic E-state index is 0.224. The Balaban J connectivity index is 1.33. The van der Waals surface area contributed by atoms with Crippen molar-refractivity contribution in [3.63, 3.8) is 0 Å². The molecule has 1 N–H and O–H groups in total. The standard InChI is InChI=1S/C21H22N8O2/c1-27-3-5-29(6-4-27)21-25-18(13-31-21)20(30)26-19-8-14-7-17(16-11-24-28(2)12-16)22-9-15(14)10-23-19/h7-13H,3-6H2,1-2H3,(H,23,26,30). The quantitative estimate of drug-likeness (QED) is 0.537. The molecule has 5 heterocycles. The molecule has 1 fully saturated rings. The molecule has 0 saturated carbocycles. The van der Waals surface area contributed by atoms with Crippen LogP contribution in [0, 0.1) is 0 Å². The molecular weight excluding hydrogens is 396 g/mol. The fraction of sp³-hybridized carbons (Fsp3) is 0.286. The summed E-state index contributed by atoms with van der Waals surface area (Å²) in [6, 6.07) is 4.23. The van der Waals surface area contributed by atoms with E-state index in [1.807, 2.05) is 30.3 Å². The predicted molar refractivity (Wildman–Crippen MR) is 116 cm³/mol. The molecule has 5 rings (SSSR count). The fourth-order valence-corrected chi connectivity index (χ4v) is 3.51. The third-order valence-corrected chi connectivity index (χ3v) is 5.34.